The summed E-state index contributed by atoms with van der Waals surface area (Å²) in [5, 5.41) is -0.465. The van der Waals surface area contributed by atoms with Crippen LogP contribution in [0.1, 0.15) is 18.4 Å². The van der Waals surface area contributed by atoms with Crippen molar-refractivity contribution in [3.63, 3.8) is 0 Å². The normalized spacial score (nSPS) is 28.9. The fourth-order valence-corrected chi connectivity index (χ4v) is 7.60. The zero-order valence-corrected chi connectivity index (χ0v) is 15.7. The van der Waals surface area contributed by atoms with E-state index in [4.69, 9.17) is 0 Å². The standard InChI is InChI=1S/C16H24N2O4S2/c1-13-5-3-4-6-15(13)24(21,22)18-9-7-14-16(8-10-18)23(19,20)12-11-17(14)2/h3-6,14,16H,7-12H2,1-2H3/t14-,16+/m0/s1. The lowest BCUT2D eigenvalue weighted by molar-refractivity contribution is 0.223. The summed E-state index contributed by atoms with van der Waals surface area (Å²) in [7, 11) is -4.81. The molecule has 2 fully saturated rings. The maximum Gasteiger partial charge on any atom is 0.243 e. The highest BCUT2D eigenvalue weighted by molar-refractivity contribution is 7.92. The summed E-state index contributed by atoms with van der Waals surface area (Å²) in [6, 6.07) is 6.83. The second kappa shape index (κ2) is 6.40. The number of rotatable bonds is 2. The zero-order valence-electron chi connectivity index (χ0n) is 14.1. The predicted octanol–water partition coefficient (Wildman–Crippen LogP) is 0.877. The summed E-state index contributed by atoms with van der Waals surface area (Å²) in [5.74, 6) is 0.162. The third-order valence-corrected chi connectivity index (χ3v) is 9.52. The Bertz CT molecular complexity index is 820. The molecular weight excluding hydrogens is 348 g/mol. The number of sulfonamides is 1. The molecule has 8 heteroatoms. The van der Waals surface area contributed by atoms with Crippen molar-refractivity contribution in [1.82, 2.24) is 9.21 Å². The lowest BCUT2D eigenvalue weighted by Gasteiger charge is -2.37. The Balaban J connectivity index is 1.89. The van der Waals surface area contributed by atoms with Crippen LogP contribution in [-0.4, -0.2) is 69.8 Å². The molecule has 0 saturated carbocycles. The fourth-order valence-electron chi connectivity index (χ4n) is 3.77. The molecular formula is C16H24N2O4S2. The van der Waals surface area contributed by atoms with E-state index in [2.05, 4.69) is 4.90 Å². The molecule has 0 amide bonds. The molecule has 0 spiro atoms. The smallest absolute Gasteiger partial charge is 0.243 e. The molecule has 2 heterocycles. The highest BCUT2D eigenvalue weighted by atomic mass is 32.2. The van der Waals surface area contributed by atoms with E-state index in [1.165, 1.54) is 4.31 Å². The highest BCUT2D eigenvalue weighted by Crippen LogP contribution is 2.29. The first-order valence-electron chi connectivity index (χ1n) is 8.21. The molecule has 1 aromatic carbocycles. The molecule has 3 rings (SSSR count). The van der Waals surface area contributed by atoms with Gasteiger partial charge in [-0.15, -0.1) is 0 Å². The van der Waals surface area contributed by atoms with E-state index in [1.807, 2.05) is 13.1 Å². The van der Waals surface area contributed by atoms with Gasteiger partial charge < -0.3 is 4.90 Å². The van der Waals surface area contributed by atoms with Gasteiger partial charge in [0.2, 0.25) is 10.0 Å². The van der Waals surface area contributed by atoms with E-state index in [-0.39, 0.29) is 18.3 Å². The van der Waals surface area contributed by atoms with E-state index in [0.717, 1.165) is 0 Å². The lowest BCUT2D eigenvalue weighted by Crippen LogP contribution is -2.52. The van der Waals surface area contributed by atoms with Gasteiger partial charge in [0, 0.05) is 25.7 Å². The van der Waals surface area contributed by atoms with E-state index < -0.39 is 25.1 Å². The molecule has 24 heavy (non-hydrogen) atoms. The summed E-state index contributed by atoms with van der Waals surface area (Å²) in [5.41, 5.74) is 0.712. The minimum absolute atomic E-state index is 0.0965. The van der Waals surface area contributed by atoms with Gasteiger partial charge in [0.15, 0.2) is 9.84 Å². The Hall–Kier alpha value is -0.960. The molecule has 0 N–H and O–H groups in total. The average molecular weight is 373 g/mol. The van der Waals surface area contributed by atoms with Crippen molar-refractivity contribution >= 4 is 19.9 Å². The first kappa shape index (κ1) is 17.8. The second-order valence-corrected chi connectivity index (χ2v) is 10.9. The molecule has 0 bridgehead atoms. The van der Waals surface area contributed by atoms with Crippen LogP contribution < -0.4 is 0 Å². The van der Waals surface area contributed by atoms with Gasteiger partial charge in [-0.2, -0.15) is 4.31 Å². The van der Waals surface area contributed by atoms with Gasteiger partial charge in [-0.1, -0.05) is 18.2 Å². The predicted molar refractivity (Wildman–Crippen MR) is 93.2 cm³/mol. The van der Waals surface area contributed by atoms with Crippen molar-refractivity contribution in [3.05, 3.63) is 29.8 Å². The van der Waals surface area contributed by atoms with Crippen LogP contribution in [0.4, 0.5) is 0 Å². The number of sulfone groups is 1. The number of hydrogen-bond donors (Lipinski definition) is 0. The average Bonchev–Trinajstić information content (AvgIpc) is 2.76. The van der Waals surface area contributed by atoms with E-state index >= 15 is 0 Å². The quantitative estimate of drug-likeness (QED) is 0.770. The molecule has 0 radical (unpaired) electrons. The number of nitrogens with zero attached hydrogens (tertiary/aromatic N) is 2. The van der Waals surface area contributed by atoms with Crippen LogP contribution in [0.3, 0.4) is 0 Å². The van der Waals surface area contributed by atoms with Gasteiger partial charge >= 0.3 is 0 Å². The number of fused-ring (bicyclic) bond motifs is 1. The SMILES string of the molecule is Cc1ccccc1S(=O)(=O)N1CC[C@@H]2[C@H](CC1)N(C)CCS2(=O)=O. The molecule has 2 aliphatic heterocycles. The van der Waals surface area contributed by atoms with Crippen LogP contribution in [-0.2, 0) is 19.9 Å². The fraction of sp³-hybridized carbons (Fsp3) is 0.625. The highest BCUT2D eigenvalue weighted by Gasteiger charge is 2.43. The van der Waals surface area contributed by atoms with Gasteiger partial charge in [-0.25, -0.2) is 16.8 Å². The van der Waals surface area contributed by atoms with Crippen LogP contribution in [0.15, 0.2) is 29.2 Å². The van der Waals surface area contributed by atoms with Gasteiger partial charge in [0.05, 0.1) is 15.9 Å². The maximum absolute atomic E-state index is 13.0. The first-order valence-corrected chi connectivity index (χ1v) is 11.4. The van der Waals surface area contributed by atoms with E-state index in [9.17, 15) is 16.8 Å². The lowest BCUT2D eigenvalue weighted by atomic mass is 10.1. The van der Waals surface area contributed by atoms with Crippen LogP contribution in [0.5, 0.6) is 0 Å². The van der Waals surface area contributed by atoms with Crippen molar-refractivity contribution in [2.45, 2.75) is 36.0 Å². The van der Waals surface area contributed by atoms with E-state index in [0.29, 0.717) is 36.4 Å². The molecule has 0 aliphatic carbocycles. The molecule has 1 aromatic rings. The third kappa shape index (κ3) is 3.12. The van der Waals surface area contributed by atoms with Crippen LogP contribution >= 0.6 is 0 Å². The molecule has 134 valence electrons. The van der Waals surface area contributed by atoms with Crippen LogP contribution in [0.2, 0.25) is 0 Å². The summed E-state index contributed by atoms with van der Waals surface area (Å²) < 4.78 is 52.2. The first-order chi connectivity index (χ1) is 11.2. The van der Waals surface area contributed by atoms with Crippen LogP contribution in [0, 0.1) is 6.92 Å². The Morgan fingerprint density at radius 2 is 1.75 bits per heavy atom. The third-order valence-electron chi connectivity index (χ3n) is 5.23. The van der Waals surface area contributed by atoms with Crippen LogP contribution in [0.25, 0.3) is 0 Å². The molecule has 0 unspecified atom stereocenters. The van der Waals surface area contributed by atoms with Crippen molar-refractivity contribution in [2.75, 3.05) is 32.4 Å². The zero-order chi connectivity index (χ0) is 17.5. The number of benzene rings is 1. The van der Waals surface area contributed by atoms with Crippen molar-refractivity contribution in [2.24, 2.45) is 0 Å². The molecule has 0 aromatic heterocycles. The molecule has 6 nitrogen and oxygen atoms in total. The van der Waals surface area contributed by atoms with Gasteiger partial charge in [-0.3, -0.25) is 0 Å². The largest absolute Gasteiger partial charge is 0.301 e. The van der Waals surface area contributed by atoms with Crippen molar-refractivity contribution in [3.8, 4) is 0 Å². The van der Waals surface area contributed by atoms with Gasteiger partial charge in [0.1, 0.15) is 0 Å². The molecule has 2 saturated heterocycles. The summed E-state index contributed by atoms with van der Waals surface area (Å²) in [6.07, 6.45) is 0.911. The summed E-state index contributed by atoms with van der Waals surface area (Å²) in [4.78, 5) is 2.38. The monoisotopic (exact) mass is 372 g/mol. The molecule has 2 aliphatic rings. The Labute approximate surface area is 144 Å². The number of aryl methyl sites for hydroxylation is 1. The summed E-state index contributed by atoms with van der Waals surface area (Å²) >= 11 is 0. The minimum atomic E-state index is -3.59. The maximum atomic E-state index is 13.0. The summed E-state index contributed by atoms with van der Waals surface area (Å²) in [6.45, 7) is 2.92. The Morgan fingerprint density at radius 3 is 2.46 bits per heavy atom. The Morgan fingerprint density at radius 1 is 1.08 bits per heavy atom. The topological polar surface area (TPSA) is 74.8 Å². The van der Waals surface area contributed by atoms with E-state index in [1.54, 1.807) is 25.1 Å². The molecule has 2 atom stereocenters. The second-order valence-electron chi connectivity index (χ2n) is 6.70. The van der Waals surface area contributed by atoms with Gasteiger partial charge in [0.25, 0.3) is 0 Å². The Kier molecular flexibility index (Phi) is 4.76. The van der Waals surface area contributed by atoms with Gasteiger partial charge in [-0.05, 0) is 38.4 Å². The van der Waals surface area contributed by atoms with Crippen molar-refractivity contribution in [1.29, 1.82) is 0 Å². The minimum Gasteiger partial charge on any atom is -0.301 e. The number of hydrogen-bond acceptors (Lipinski definition) is 5. The van der Waals surface area contributed by atoms with Crippen molar-refractivity contribution < 1.29 is 16.8 Å².